The highest BCUT2D eigenvalue weighted by Gasteiger charge is 2.15. The minimum atomic E-state index is -1.01. The maximum Gasteiger partial charge on any atom is 0.339 e. The van der Waals surface area contributed by atoms with Crippen LogP contribution in [-0.2, 0) is 0 Å². The van der Waals surface area contributed by atoms with Gasteiger partial charge in [-0.3, -0.25) is 0 Å². The first-order valence-corrected chi connectivity index (χ1v) is 5.52. The van der Waals surface area contributed by atoms with Gasteiger partial charge in [0.1, 0.15) is 11.3 Å². The van der Waals surface area contributed by atoms with E-state index >= 15 is 0 Å². The number of ether oxygens (including phenoxy) is 1. The normalized spacial score (nSPS) is 10.1. The lowest BCUT2D eigenvalue weighted by molar-refractivity contribution is 0.0694. The number of carboxylic acids is 1. The van der Waals surface area contributed by atoms with Gasteiger partial charge in [-0.25, -0.2) is 9.78 Å². The van der Waals surface area contributed by atoms with Crippen LogP contribution in [0.3, 0.4) is 0 Å². The van der Waals surface area contributed by atoms with Crippen molar-refractivity contribution in [2.24, 2.45) is 0 Å². The van der Waals surface area contributed by atoms with Crippen molar-refractivity contribution in [3.63, 3.8) is 0 Å². The number of hydrogen-bond donors (Lipinski definition) is 1. The number of aromatic carboxylic acids is 1. The average Bonchev–Trinajstić information content (AvgIpc) is 2.34. The molecule has 1 N–H and O–H groups in total. The summed E-state index contributed by atoms with van der Waals surface area (Å²) in [4.78, 5) is 15.2. The summed E-state index contributed by atoms with van der Waals surface area (Å²) in [6, 6.07) is 8.68. The molecular weight excluding hydrogens is 230 g/mol. The van der Waals surface area contributed by atoms with Crippen molar-refractivity contribution in [2.75, 3.05) is 0 Å². The van der Waals surface area contributed by atoms with E-state index in [2.05, 4.69) is 4.98 Å². The fourth-order valence-electron chi connectivity index (χ4n) is 1.63. The summed E-state index contributed by atoms with van der Waals surface area (Å²) in [6.45, 7) is 3.67. The quantitative estimate of drug-likeness (QED) is 0.899. The van der Waals surface area contributed by atoms with Crippen LogP contribution in [0.1, 0.15) is 21.5 Å². The first kappa shape index (κ1) is 12.1. The van der Waals surface area contributed by atoms with Crippen LogP contribution in [0.15, 0.2) is 36.5 Å². The smallest absolute Gasteiger partial charge is 0.339 e. The molecule has 0 amide bonds. The molecule has 0 bridgehead atoms. The SMILES string of the molecule is Cc1cccnc1Oc1c(C)cccc1C(=O)O. The fraction of sp³-hybridized carbons (Fsp3) is 0.143. The predicted octanol–water partition coefficient (Wildman–Crippen LogP) is 3.19. The Bertz CT molecular complexity index is 593. The first-order chi connectivity index (χ1) is 8.59. The molecule has 0 aliphatic rings. The van der Waals surface area contributed by atoms with Crippen LogP contribution in [0.2, 0.25) is 0 Å². The molecule has 0 saturated carbocycles. The molecule has 2 aromatic rings. The van der Waals surface area contributed by atoms with Gasteiger partial charge >= 0.3 is 5.97 Å². The minimum absolute atomic E-state index is 0.139. The lowest BCUT2D eigenvalue weighted by Gasteiger charge is -2.11. The summed E-state index contributed by atoms with van der Waals surface area (Å²) < 4.78 is 5.64. The fourth-order valence-corrected chi connectivity index (χ4v) is 1.63. The van der Waals surface area contributed by atoms with E-state index in [1.54, 1.807) is 31.3 Å². The average molecular weight is 243 g/mol. The highest BCUT2D eigenvalue weighted by molar-refractivity contribution is 5.91. The molecule has 0 atom stereocenters. The largest absolute Gasteiger partial charge is 0.478 e. The lowest BCUT2D eigenvalue weighted by atomic mass is 10.1. The molecule has 0 fully saturated rings. The highest BCUT2D eigenvalue weighted by atomic mass is 16.5. The molecule has 0 aliphatic heterocycles. The van der Waals surface area contributed by atoms with E-state index in [-0.39, 0.29) is 5.56 Å². The molecule has 0 spiro atoms. The van der Waals surface area contributed by atoms with Crippen LogP contribution >= 0.6 is 0 Å². The van der Waals surface area contributed by atoms with Gasteiger partial charge in [0.15, 0.2) is 0 Å². The van der Waals surface area contributed by atoms with Gasteiger partial charge in [0.25, 0.3) is 0 Å². The Morgan fingerprint density at radius 2 is 1.89 bits per heavy atom. The van der Waals surface area contributed by atoms with Crippen molar-refractivity contribution in [3.8, 4) is 11.6 Å². The molecular formula is C14H13NO3. The summed E-state index contributed by atoms with van der Waals surface area (Å²) in [7, 11) is 0. The molecule has 4 heteroatoms. The van der Waals surface area contributed by atoms with Crippen LogP contribution in [-0.4, -0.2) is 16.1 Å². The molecule has 1 aromatic heterocycles. The number of aromatic nitrogens is 1. The molecule has 18 heavy (non-hydrogen) atoms. The molecule has 0 radical (unpaired) electrons. The van der Waals surface area contributed by atoms with E-state index in [9.17, 15) is 4.79 Å². The van der Waals surface area contributed by atoms with Crippen molar-refractivity contribution >= 4 is 5.97 Å². The zero-order chi connectivity index (χ0) is 13.1. The third-order valence-corrected chi connectivity index (χ3v) is 2.60. The van der Waals surface area contributed by atoms with E-state index in [1.807, 2.05) is 13.0 Å². The monoisotopic (exact) mass is 243 g/mol. The van der Waals surface area contributed by atoms with Gasteiger partial charge in [-0.15, -0.1) is 0 Å². The van der Waals surface area contributed by atoms with Crippen LogP contribution in [0.4, 0.5) is 0 Å². The van der Waals surface area contributed by atoms with Crippen molar-refractivity contribution in [1.82, 2.24) is 4.98 Å². The van der Waals surface area contributed by atoms with Gasteiger partial charge in [0, 0.05) is 11.8 Å². The second kappa shape index (κ2) is 4.87. The number of para-hydroxylation sites is 1. The number of hydrogen-bond acceptors (Lipinski definition) is 3. The molecule has 0 unspecified atom stereocenters. The van der Waals surface area contributed by atoms with Crippen LogP contribution in [0.25, 0.3) is 0 Å². The molecule has 4 nitrogen and oxygen atoms in total. The Morgan fingerprint density at radius 1 is 1.17 bits per heavy atom. The first-order valence-electron chi connectivity index (χ1n) is 5.52. The van der Waals surface area contributed by atoms with Gasteiger partial charge in [0.2, 0.25) is 5.88 Å². The second-order valence-corrected chi connectivity index (χ2v) is 3.98. The number of benzene rings is 1. The lowest BCUT2D eigenvalue weighted by Crippen LogP contribution is -2.02. The van der Waals surface area contributed by atoms with Crippen molar-refractivity contribution < 1.29 is 14.6 Å². The van der Waals surface area contributed by atoms with E-state index in [4.69, 9.17) is 9.84 Å². The molecule has 92 valence electrons. The van der Waals surface area contributed by atoms with Gasteiger partial charge in [0.05, 0.1) is 0 Å². The van der Waals surface area contributed by atoms with Crippen LogP contribution in [0, 0.1) is 13.8 Å². The van der Waals surface area contributed by atoms with E-state index in [0.717, 1.165) is 11.1 Å². The predicted molar refractivity (Wildman–Crippen MR) is 67.2 cm³/mol. The zero-order valence-electron chi connectivity index (χ0n) is 10.2. The van der Waals surface area contributed by atoms with Gasteiger partial charge < -0.3 is 9.84 Å². The highest BCUT2D eigenvalue weighted by Crippen LogP contribution is 2.29. The number of pyridine rings is 1. The number of rotatable bonds is 3. The van der Waals surface area contributed by atoms with Crippen LogP contribution < -0.4 is 4.74 Å². The minimum Gasteiger partial charge on any atom is -0.478 e. The molecule has 1 heterocycles. The Kier molecular flexibility index (Phi) is 3.28. The summed E-state index contributed by atoms with van der Waals surface area (Å²) >= 11 is 0. The Hall–Kier alpha value is -2.36. The summed E-state index contributed by atoms with van der Waals surface area (Å²) in [5, 5.41) is 9.14. The topological polar surface area (TPSA) is 59.4 Å². The third-order valence-electron chi connectivity index (χ3n) is 2.60. The maximum atomic E-state index is 11.1. The number of carbonyl (C=O) groups is 1. The Labute approximate surface area is 105 Å². The molecule has 2 rings (SSSR count). The van der Waals surface area contributed by atoms with Gasteiger partial charge in [-0.05, 0) is 31.5 Å². The number of nitrogens with zero attached hydrogens (tertiary/aromatic N) is 1. The zero-order valence-corrected chi connectivity index (χ0v) is 10.2. The van der Waals surface area contributed by atoms with Crippen molar-refractivity contribution in [2.45, 2.75) is 13.8 Å². The molecule has 0 saturated heterocycles. The van der Waals surface area contributed by atoms with Gasteiger partial charge in [-0.2, -0.15) is 0 Å². The summed E-state index contributed by atoms with van der Waals surface area (Å²) in [6.07, 6.45) is 1.61. The summed E-state index contributed by atoms with van der Waals surface area (Å²) in [5.74, 6) is -0.247. The molecule has 1 aromatic carbocycles. The van der Waals surface area contributed by atoms with E-state index in [0.29, 0.717) is 11.6 Å². The standard InChI is InChI=1S/C14H13NO3/c1-9-5-3-7-11(14(16)17)12(9)18-13-10(2)6-4-8-15-13/h3-8H,1-2H3,(H,16,17). The number of carboxylic acid groups (broad SMARTS) is 1. The van der Waals surface area contributed by atoms with Crippen molar-refractivity contribution in [3.05, 3.63) is 53.2 Å². The van der Waals surface area contributed by atoms with E-state index in [1.165, 1.54) is 6.07 Å². The number of aryl methyl sites for hydroxylation is 2. The van der Waals surface area contributed by atoms with Crippen molar-refractivity contribution in [1.29, 1.82) is 0 Å². The third kappa shape index (κ3) is 2.32. The van der Waals surface area contributed by atoms with E-state index < -0.39 is 5.97 Å². The summed E-state index contributed by atoms with van der Waals surface area (Å²) in [5.41, 5.74) is 1.76. The van der Waals surface area contributed by atoms with Gasteiger partial charge in [-0.1, -0.05) is 18.2 Å². The maximum absolute atomic E-state index is 11.1. The van der Waals surface area contributed by atoms with Crippen LogP contribution in [0.5, 0.6) is 11.6 Å². The second-order valence-electron chi connectivity index (χ2n) is 3.98. The Morgan fingerprint density at radius 3 is 2.56 bits per heavy atom. The Balaban J connectivity index is 2.46. The molecule has 0 aliphatic carbocycles.